The molecule has 0 saturated heterocycles. The number of aryl methyl sites for hydroxylation is 2. The first-order chi connectivity index (χ1) is 7.20. The van der Waals surface area contributed by atoms with Crippen LogP contribution in [0.25, 0.3) is 11.3 Å². The number of nitrogens with one attached hydrogen (secondary N) is 1. The van der Waals surface area contributed by atoms with E-state index in [0.29, 0.717) is 0 Å². The fraction of sp³-hybridized carbons (Fsp3) is 0.231. The van der Waals surface area contributed by atoms with Gasteiger partial charge in [0.25, 0.3) is 0 Å². The van der Waals surface area contributed by atoms with Gasteiger partial charge in [-0.25, -0.2) is 0 Å². The van der Waals surface area contributed by atoms with Crippen LogP contribution in [0.4, 0.5) is 0 Å². The van der Waals surface area contributed by atoms with Gasteiger partial charge < -0.3 is 9.72 Å². The summed E-state index contributed by atoms with van der Waals surface area (Å²) < 4.78 is 5.13. The van der Waals surface area contributed by atoms with Crippen molar-refractivity contribution in [2.24, 2.45) is 0 Å². The zero-order valence-electron chi connectivity index (χ0n) is 9.29. The van der Waals surface area contributed by atoms with Crippen molar-refractivity contribution >= 4 is 0 Å². The molecule has 0 aliphatic rings. The van der Waals surface area contributed by atoms with Crippen molar-refractivity contribution in [1.29, 1.82) is 0 Å². The summed E-state index contributed by atoms with van der Waals surface area (Å²) in [5.74, 6) is 0.889. The van der Waals surface area contributed by atoms with Gasteiger partial charge in [0.2, 0.25) is 0 Å². The Morgan fingerprint density at radius 1 is 1.07 bits per heavy atom. The van der Waals surface area contributed by atoms with E-state index in [4.69, 9.17) is 4.74 Å². The highest BCUT2D eigenvalue weighted by Gasteiger charge is 2.04. The minimum Gasteiger partial charge on any atom is -0.497 e. The summed E-state index contributed by atoms with van der Waals surface area (Å²) in [6.45, 7) is 4.18. The third-order valence-electron chi connectivity index (χ3n) is 2.53. The maximum absolute atomic E-state index is 5.13. The molecule has 0 bridgehead atoms. The molecule has 0 radical (unpaired) electrons. The quantitative estimate of drug-likeness (QED) is 0.792. The molecule has 1 aromatic heterocycles. The van der Waals surface area contributed by atoms with E-state index in [1.54, 1.807) is 7.11 Å². The molecule has 0 atom stereocenters. The Morgan fingerprint density at radius 2 is 1.73 bits per heavy atom. The molecule has 2 rings (SSSR count). The first-order valence-electron chi connectivity index (χ1n) is 5.01. The molecule has 0 aliphatic heterocycles. The highest BCUT2D eigenvalue weighted by Crippen LogP contribution is 2.24. The van der Waals surface area contributed by atoms with Crippen molar-refractivity contribution in [3.63, 3.8) is 0 Å². The van der Waals surface area contributed by atoms with E-state index in [1.807, 2.05) is 12.1 Å². The normalized spacial score (nSPS) is 10.3. The molecule has 2 heteroatoms. The van der Waals surface area contributed by atoms with Crippen LogP contribution < -0.4 is 4.74 Å². The molecule has 0 unspecified atom stereocenters. The Morgan fingerprint density at radius 3 is 2.20 bits per heavy atom. The molecule has 78 valence electrons. The number of aromatic nitrogens is 1. The van der Waals surface area contributed by atoms with Gasteiger partial charge in [0.1, 0.15) is 5.75 Å². The van der Waals surface area contributed by atoms with E-state index in [2.05, 4.69) is 37.0 Å². The van der Waals surface area contributed by atoms with Gasteiger partial charge in [-0.3, -0.25) is 0 Å². The Kier molecular flexibility index (Phi) is 2.50. The minimum absolute atomic E-state index is 0.889. The fourth-order valence-electron chi connectivity index (χ4n) is 1.79. The van der Waals surface area contributed by atoms with E-state index >= 15 is 0 Å². The van der Waals surface area contributed by atoms with E-state index in [0.717, 1.165) is 5.75 Å². The maximum Gasteiger partial charge on any atom is 0.118 e. The van der Waals surface area contributed by atoms with E-state index in [9.17, 15) is 0 Å². The standard InChI is InChI=1S/C13H15NO/c1-9-8-10(2)14-13(9)11-4-6-12(15-3)7-5-11/h4-8,14H,1-3H3. The summed E-state index contributed by atoms with van der Waals surface area (Å²) in [4.78, 5) is 3.36. The molecule has 2 nitrogen and oxygen atoms in total. The fourth-order valence-corrected chi connectivity index (χ4v) is 1.79. The smallest absolute Gasteiger partial charge is 0.118 e. The molecule has 15 heavy (non-hydrogen) atoms. The minimum atomic E-state index is 0.889. The molecule has 1 N–H and O–H groups in total. The number of ether oxygens (including phenoxy) is 1. The molecule has 1 aromatic carbocycles. The summed E-state index contributed by atoms with van der Waals surface area (Å²) >= 11 is 0. The van der Waals surface area contributed by atoms with Crippen molar-refractivity contribution < 1.29 is 4.74 Å². The predicted molar refractivity (Wildman–Crippen MR) is 62.3 cm³/mol. The van der Waals surface area contributed by atoms with Crippen LogP contribution in [0.5, 0.6) is 5.75 Å². The topological polar surface area (TPSA) is 25.0 Å². The molecule has 0 amide bonds. The Bertz CT molecular complexity index is 454. The second kappa shape index (κ2) is 3.81. The van der Waals surface area contributed by atoms with Crippen LogP contribution in [0.3, 0.4) is 0 Å². The summed E-state index contributed by atoms with van der Waals surface area (Å²) in [7, 11) is 1.68. The average Bonchev–Trinajstić information content (AvgIpc) is 2.58. The molecule has 1 heterocycles. The second-order valence-corrected chi connectivity index (χ2v) is 3.74. The molecule has 0 aliphatic carbocycles. The third-order valence-corrected chi connectivity index (χ3v) is 2.53. The summed E-state index contributed by atoms with van der Waals surface area (Å²) in [6, 6.07) is 10.2. The summed E-state index contributed by atoms with van der Waals surface area (Å²) in [5.41, 5.74) is 4.85. The lowest BCUT2D eigenvalue weighted by Crippen LogP contribution is -1.84. The molecule has 0 fully saturated rings. The van der Waals surface area contributed by atoms with Gasteiger partial charge in [0.15, 0.2) is 0 Å². The van der Waals surface area contributed by atoms with Gasteiger partial charge in [-0.15, -0.1) is 0 Å². The van der Waals surface area contributed by atoms with Crippen LogP contribution in [0, 0.1) is 13.8 Å². The van der Waals surface area contributed by atoms with Crippen LogP contribution in [0.15, 0.2) is 30.3 Å². The van der Waals surface area contributed by atoms with Crippen LogP contribution in [-0.2, 0) is 0 Å². The SMILES string of the molecule is COc1ccc(-c2[nH]c(C)cc2C)cc1. The number of hydrogen-bond acceptors (Lipinski definition) is 1. The lowest BCUT2D eigenvalue weighted by Gasteiger charge is -2.02. The second-order valence-electron chi connectivity index (χ2n) is 3.74. The molecule has 0 spiro atoms. The number of hydrogen-bond donors (Lipinski definition) is 1. The monoisotopic (exact) mass is 201 g/mol. The molecular formula is C13H15NO. The average molecular weight is 201 g/mol. The molecular weight excluding hydrogens is 186 g/mol. The highest BCUT2D eigenvalue weighted by molar-refractivity contribution is 5.64. The van der Waals surface area contributed by atoms with Crippen molar-refractivity contribution in [2.75, 3.05) is 7.11 Å². The molecule has 2 aromatic rings. The van der Waals surface area contributed by atoms with Crippen molar-refractivity contribution in [2.45, 2.75) is 13.8 Å². The van der Waals surface area contributed by atoms with Gasteiger partial charge in [-0.2, -0.15) is 0 Å². The van der Waals surface area contributed by atoms with E-state index in [-0.39, 0.29) is 0 Å². The first-order valence-corrected chi connectivity index (χ1v) is 5.01. The van der Waals surface area contributed by atoms with Crippen molar-refractivity contribution in [3.8, 4) is 17.0 Å². The largest absolute Gasteiger partial charge is 0.497 e. The van der Waals surface area contributed by atoms with Crippen LogP contribution in [0.2, 0.25) is 0 Å². The van der Waals surface area contributed by atoms with Gasteiger partial charge in [0, 0.05) is 11.4 Å². The highest BCUT2D eigenvalue weighted by atomic mass is 16.5. The number of rotatable bonds is 2. The summed E-state index contributed by atoms with van der Waals surface area (Å²) in [5, 5.41) is 0. The lowest BCUT2D eigenvalue weighted by molar-refractivity contribution is 0.415. The number of methoxy groups -OCH3 is 1. The number of H-pyrrole nitrogens is 1. The Balaban J connectivity index is 2.41. The Hall–Kier alpha value is -1.70. The molecule has 0 saturated carbocycles. The zero-order valence-corrected chi connectivity index (χ0v) is 9.29. The predicted octanol–water partition coefficient (Wildman–Crippen LogP) is 3.31. The van der Waals surface area contributed by atoms with Crippen LogP contribution in [0.1, 0.15) is 11.3 Å². The van der Waals surface area contributed by atoms with Crippen molar-refractivity contribution in [1.82, 2.24) is 4.98 Å². The zero-order chi connectivity index (χ0) is 10.8. The van der Waals surface area contributed by atoms with Crippen LogP contribution >= 0.6 is 0 Å². The lowest BCUT2D eigenvalue weighted by atomic mass is 10.1. The summed E-state index contributed by atoms with van der Waals surface area (Å²) in [6.07, 6.45) is 0. The van der Waals surface area contributed by atoms with Crippen LogP contribution in [-0.4, -0.2) is 12.1 Å². The van der Waals surface area contributed by atoms with E-state index in [1.165, 1.54) is 22.5 Å². The number of benzene rings is 1. The van der Waals surface area contributed by atoms with Gasteiger partial charge in [-0.05, 0) is 55.3 Å². The maximum atomic E-state index is 5.13. The van der Waals surface area contributed by atoms with Gasteiger partial charge in [-0.1, -0.05) is 0 Å². The first kappa shape index (κ1) is 9.84. The number of aromatic amines is 1. The van der Waals surface area contributed by atoms with E-state index < -0.39 is 0 Å². The van der Waals surface area contributed by atoms with Gasteiger partial charge >= 0.3 is 0 Å². The third kappa shape index (κ3) is 1.89. The Labute approximate surface area is 89.9 Å². The van der Waals surface area contributed by atoms with Crippen molar-refractivity contribution in [3.05, 3.63) is 41.6 Å². The van der Waals surface area contributed by atoms with Gasteiger partial charge in [0.05, 0.1) is 7.11 Å².